The highest BCUT2D eigenvalue weighted by molar-refractivity contribution is 7.09. The van der Waals surface area contributed by atoms with E-state index < -0.39 is 0 Å². The van der Waals surface area contributed by atoms with Crippen LogP contribution in [0.3, 0.4) is 0 Å². The van der Waals surface area contributed by atoms with Crippen LogP contribution in [0, 0.1) is 6.92 Å². The Morgan fingerprint density at radius 3 is 2.42 bits per heavy atom. The zero-order valence-corrected chi connectivity index (χ0v) is 18.7. The van der Waals surface area contributed by atoms with Crippen LogP contribution in [0.4, 0.5) is 15.6 Å². The van der Waals surface area contributed by atoms with E-state index in [1.54, 1.807) is 4.90 Å². The molecule has 2 fully saturated rings. The fourth-order valence-electron chi connectivity index (χ4n) is 3.91. The van der Waals surface area contributed by atoms with Gasteiger partial charge in [0, 0.05) is 69.6 Å². The maximum atomic E-state index is 12.8. The summed E-state index contributed by atoms with van der Waals surface area (Å²) in [5.74, 6) is 0.955. The van der Waals surface area contributed by atoms with Crippen LogP contribution in [0.15, 0.2) is 30.3 Å². The van der Waals surface area contributed by atoms with Crippen molar-refractivity contribution < 1.29 is 9.59 Å². The second-order valence-corrected chi connectivity index (χ2v) is 8.64. The lowest BCUT2D eigenvalue weighted by molar-refractivity contribution is -0.133. The van der Waals surface area contributed by atoms with Gasteiger partial charge in [0.2, 0.25) is 11.0 Å². The van der Waals surface area contributed by atoms with Crippen LogP contribution >= 0.6 is 11.5 Å². The first kappa shape index (κ1) is 21.5. The normalized spacial score (nSPS) is 18.0. The van der Waals surface area contributed by atoms with Crippen molar-refractivity contribution in [3.63, 3.8) is 0 Å². The van der Waals surface area contributed by atoms with Gasteiger partial charge in [-0.3, -0.25) is 9.69 Å². The van der Waals surface area contributed by atoms with Crippen LogP contribution in [0.1, 0.15) is 12.2 Å². The third-order valence-corrected chi connectivity index (χ3v) is 6.55. The van der Waals surface area contributed by atoms with Gasteiger partial charge in [-0.25, -0.2) is 9.78 Å². The molecule has 2 aliphatic heterocycles. The van der Waals surface area contributed by atoms with Gasteiger partial charge in [0.25, 0.3) is 0 Å². The first-order valence-corrected chi connectivity index (χ1v) is 11.5. The van der Waals surface area contributed by atoms with Crippen molar-refractivity contribution in [2.75, 3.05) is 69.1 Å². The third-order valence-electron chi connectivity index (χ3n) is 5.68. The van der Waals surface area contributed by atoms with Gasteiger partial charge in [0.15, 0.2) is 0 Å². The fraction of sp³-hybridized carbons (Fsp3) is 0.524. The number of urea groups is 1. The number of nitrogens with one attached hydrogen (secondary N) is 1. The first-order chi connectivity index (χ1) is 15.1. The molecule has 1 aromatic heterocycles. The van der Waals surface area contributed by atoms with Crippen molar-refractivity contribution in [2.45, 2.75) is 13.3 Å². The summed E-state index contributed by atoms with van der Waals surface area (Å²) < 4.78 is 4.27. The number of carbonyl (C=O) groups is 2. The molecule has 0 aliphatic carbocycles. The van der Waals surface area contributed by atoms with Crippen LogP contribution < -0.4 is 10.2 Å². The van der Waals surface area contributed by atoms with E-state index in [4.69, 9.17) is 0 Å². The Hall–Kier alpha value is -2.72. The first-order valence-electron chi connectivity index (χ1n) is 10.7. The lowest BCUT2D eigenvalue weighted by atomic mass is 10.3. The van der Waals surface area contributed by atoms with Gasteiger partial charge in [-0.05, 0) is 25.5 Å². The number of benzene rings is 1. The van der Waals surface area contributed by atoms with E-state index in [0.717, 1.165) is 49.2 Å². The van der Waals surface area contributed by atoms with E-state index in [9.17, 15) is 9.59 Å². The van der Waals surface area contributed by atoms with Gasteiger partial charge in [0.05, 0.1) is 6.54 Å². The molecule has 0 saturated carbocycles. The minimum atomic E-state index is -0.113. The quantitative estimate of drug-likeness (QED) is 0.775. The number of hydrogen-bond acceptors (Lipinski definition) is 7. The van der Waals surface area contributed by atoms with Crippen molar-refractivity contribution in [3.8, 4) is 0 Å². The van der Waals surface area contributed by atoms with Gasteiger partial charge >= 0.3 is 6.03 Å². The van der Waals surface area contributed by atoms with E-state index >= 15 is 0 Å². The molecule has 9 nitrogen and oxygen atoms in total. The molecule has 0 unspecified atom stereocenters. The minimum absolute atomic E-state index is 0.113. The zero-order chi connectivity index (χ0) is 21.6. The van der Waals surface area contributed by atoms with Crippen molar-refractivity contribution >= 4 is 34.3 Å². The second-order valence-electron chi connectivity index (χ2n) is 7.90. The van der Waals surface area contributed by atoms with Crippen LogP contribution in [-0.2, 0) is 4.79 Å². The number of nitrogens with zero attached hydrogens (tertiary/aromatic N) is 6. The number of piperazine rings is 1. The second kappa shape index (κ2) is 10.1. The molecular formula is C21H29N7O2S. The van der Waals surface area contributed by atoms with Gasteiger partial charge in [-0.15, -0.1) is 0 Å². The van der Waals surface area contributed by atoms with Crippen molar-refractivity contribution in [1.29, 1.82) is 0 Å². The number of anilines is 2. The molecule has 0 bridgehead atoms. The van der Waals surface area contributed by atoms with Crippen LogP contribution in [0.25, 0.3) is 0 Å². The lowest BCUT2D eigenvalue weighted by Crippen LogP contribution is -2.53. The summed E-state index contributed by atoms with van der Waals surface area (Å²) in [6.07, 6.45) is 0.999. The number of amides is 3. The van der Waals surface area contributed by atoms with E-state index in [0.29, 0.717) is 32.7 Å². The average molecular weight is 444 g/mol. The predicted octanol–water partition coefficient (Wildman–Crippen LogP) is 1.73. The van der Waals surface area contributed by atoms with Gasteiger partial charge in [-0.2, -0.15) is 4.37 Å². The third kappa shape index (κ3) is 5.71. The Balaban J connectivity index is 1.21. The van der Waals surface area contributed by atoms with Crippen molar-refractivity contribution in [1.82, 2.24) is 24.1 Å². The number of rotatable bonds is 4. The number of carbonyl (C=O) groups excluding carboxylic acids is 2. The predicted molar refractivity (Wildman–Crippen MR) is 122 cm³/mol. The molecule has 2 aromatic rings. The molecule has 1 N–H and O–H groups in total. The van der Waals surface area contributed by atoms with Gasteiger partial charge < -0.3 is 20.0 Å². The molecular weight excluding hydrogens is 414 g/mol. The molecule has 166 valence electrons. The Kier molecular flexibility index (Phi) is 6.98. The standard InChI is InChI=1S/C21H29N7O2S/c1-17-22-21(31-24-17)28-9-5-8-25(10-11-28)16-19(29)26-12-14-27(15-13-26)20(30)23-18-6-3-2-4-7-18/h2-4,6-7H,5,8-16H2,1H3,(H,23,30). The molecule has 4 rings (SSSR count). The van der Waals surface area contributed by atoms with E-state index in [1.807, 2.05) is 42.2 Å². The molecule has 0 spiro atoms. The molecule has 0 radical (unpaired) electrons. The Labute approximate surface area is 186 Å². The Bertz CT molecular complexity index is 883. The molecule has 3 heterocycles. The molecule has 1 aromatic carbocycles. The largest absolute Gasteiger partial charge is 0.346 e. The summed E-state index contributed by atoms with van der Waals surface area (Å²) in [4.78, 5) is 37.9. The topological polar surface area (TPSA) is 84.9 Å². The van der Waals surface area contributed by atoms with E-state index in [-0.39, 0.29) is 11.9 Å². The highest BCUT2D eigenvalue weighted by atomic mass is 32.1. The zero-order valence-electron chi connectivity index (χ0n) is 17.9. The molecule has 2 saturated heterocycles. The molecule has 3 amide bonds. The van der Waals surface area contributed by atoms with E-state index in [2.05, 4.69) is 24.5 Å². The number of aromatic nitrogens is 2. The summed E-state index contributed by atoms with van der Waals surface area (Å²) in [6.45, 7) is 8.12. The van der Waals surface area contributed by atoms with E-state index in [1.165, 1.54) is 11.5 Å². The fourth-order valence-corrected chi connectivity index (χ4v) is 4.63. The lowest BCUT2D eigenvalue weighted by Gasteiger charge is -2.35. The molecule has 2 aliphatic rings. The summed E-state index contributed by atoms with van der Waals surface area (Å²) in [5.41, 5.74) is 0.782. The maximum absolute atomic E-state index is 12.8. The maximum Gasteiger partial charge on any atom is 0.321 e. The summed E-state index contributed by atoms with van der Waals surface area (Å²) in [5, 5.41) is 3.88. The minimum Gasteiger partial charge on any atom is -0.346 e. The summed E-state index contributed by atoms with van der Waals surface area (Å²) in [6, 6.07) is 9.32. The summed E-state index contributed by atoms with van der Waals surface area (Å²) >= 11 is 1.44. The molecule has 0 atom stereocenters. The van der Waals surface area contributed by atoms with Crippen molar-refractivity contribution in [3.05, 3.63) is 36.2 Å². The van der Waals surface area contributed by atoms with Gasteiger partial charge in [-0.1, -0.05) is 18.2 Å². The van der Waals surface area contributed by atoms with Crippen LogP contribution in [0.2, 0.25) is 0 Å². The molecule has 10 heteroatoms. The number of hydrogen-bond donors (Lipinski definition) is 1. The average Bonchev–Trinajstić information content (AvgIpc) is 3.09. The van der Waals surface area contributed by atoms with Crippen LogP contribution in [0.5, 0.6) is 0 Å². The van der Waals surface area contributed by atoms with Gasteiger partial charge in [0.1, 0.15) is 5.82 Å². The Morgan fingerprint density at radius 2 is 1.71 bits per heavy atom. The highest BCUT2D eigenvalue weighted by Gasteiger charge is 2.26. The monoisotopic (exact) mass is 443 g/mol. The SMILES string of the molecule is Cc1nsc(N2CCCN(CC(=O)N3CCN(C(=O)Nc4ccccc4)CC3)CC2)n1. The highest BCUT2D eigenvalue weighted by Crippen LogP contribution is 2.19. The Morgan fingerprint density at radius 1 is 0.968 bits per heavy atom. The smallest absolute Gasteiger partial charge is 0.321 e. The summed E-state index contributed by atoms with van der Waals surface area (Å²) in [7, 11) is 0. The van der Waals surface area contributed by atoms with Crippen LogP contribution in [-0.4, -0.2) is 94.9 Å². The molecule has 31 heavy (non-hydrogen) atoms. The number of para-hydroxylation sites is 1. The number of aryl methyl sites for hydroxylation is 1. The van der Waals surface area contributed by atoms with Crippen molar-refractivity contribution in [2.24, 2.45) is 0 Å².